The van der Waals surface area contributed by atoms with Crippen molar-refractivity contribution >= 4 is 28.2 Å². The molecule has 0 fully saturated rings. The molecule has 2 aromatic rings. The minimum absolute atomic E-state index is 0.268. The van der Waals surface area contributed by atoms with Crippen LogP contribution in [0.4, 0.5) is 9.39 Å². The largest absolute Gasteiger partial charge is 0.484 e. The van der Waals surface area contributed by atoms with Gasteiger partial charge in [0.2, 0.25) is 0 Å². The van der Waals surface area contributed by atoms with Crippen LogP contribution in [-0.4, -0.2) is 18.4 Å². The minimum atomic E-state index is -0.534. The summed E-state index contributed by atoms with van der Waals surface area (Å²) >= 11 is 1.40. The Labute approximate surface area is 149 Å². The number of hydrogen-bond donors (Lipinski definition) is 2. The maximum atomic E-state index is 13.1. The van der Waals surface area contributed by atoms with E-state index < -0.39 is 17.6 Å². The fourth-order valence-electron chi connectivity index (χ4n) is 2.97. The van der Waals surface area contributed by atoms with E-state index in [-0.39, 0.29) is 12.4 Å². The molecule has 25 heavy (non-hydrogen) atoms. The van der Waals surface area contributed by atoms with Gasteiger partial charge < -0.3 is 15.8 Å². The van der Waals surface area contributed by atoms with Crippen LogP contribution in [0.2, 0.25) is 0 Å². The summed E-state index contributed by atoms with van der Waals surface area (Å²) in [5, 5.41) is 3.18. The number of primary amides is 1. The molecule has 132 valence electrons. The van der Waals surface area contributed by atoms with E-state index in [0.717, 1.165) is 29.7 Å². The molecule has 1 aromatic heterocycles. The highest BCUT2D eigenvalue weighted by molar-refractivity contribution is 7.17. The van der Waals surface area contributed by atoms with Crippen molar-refractivity contribution in [1.82, 2.24) is 0 Å². The molecule has 0 saturated heterocycles. The number of carbonyl (C=O) groups excluding carboxylic acids is 2. The highest BCUT2D eigenvalue weighted by Gasteiger charge is 2.27. The molecule has 1 aromatic carbocycles. The lowest BCUT2D eigenvalue weighted by Crippen LogP contribution is -2.22. The number of nitrogens with two attached hydrogens (primary N) is 1. The second-order valence-corrected chi connectivity index (χ2v) is 7.32. The number of benzene rings is 1. The van der Waals surface area contributed by atoms with Crippen molar-refractivity contribution in [2.75, 3.05) is 11.9 Å². The molecule has 0 spiro atoms. The summed E-state index contributed by atoms with van der Waals surface area (Å²) < 4.78 is 18.4. The Balaban J connectivity index is 1.71. The van der Waals surface area contributed by atoms with Gasteiger partial charge in [-0.15, -0.1) is 11.3 Å². The second-order valence-electron chi connectivity index (χ2n) is 6.21. The van der Waals surface area contributed by atoms with Gasteiger partial charge in [0, 0.05) is 10.9 Å². The van der Waals surface area contributed by atoms with E-state index in [1.165, 1.54) is 29.5 Å². The fraction of sp³-hybridized carbons (Fsp3) is 0.333. The molecule has 0 radical (unpaired) electrons. The van der Waals surface area contributed by atoms with Gasteiger partial charge in [0.05, 0.1) is 5.56 Å². The van der Waals surface area contributed by atoms with E-state index in [2.05, 4.69) is 12.2 Å². The van der Waals surface area contributed by atoms with E-state index in [9.17, 15) is 14.0 Å². The molecule has 0 aliphatic heterocycles. The first kappa shape index (κ1) is 17.4. The SMILES string of the molecule is C[C@H]1CCc2c(sc(NC(=O)COc3cccc(F)c3)c2C(N)=O)C1. The zero-order valence-electron chi connectivity index (χ0n) is 13.8. The number of thiophene rings is 1. The number of rotatable bonds is 5. The van der Waals surface area contributed by atoms with Crippen molar-refractivity contribution in [3.63, 3.8) is 0 Å². The number of carbonyl (C=O) groups is 2. The number of halogens is 1. The Hall–Kier alpha value is -2.41. The van der Waals surface area contributed by atoms with Crippen molar-refractivity contribution in [2.45, 2.75) is 26.2 Å². The molecule has 3 rings (SSSR count). The highest BCUT2D eigenvalue weighted by atomic mass is 32.1. The molecule has 0 saturated carbocycles. The highest BCUT2D eigenvalue weighted by Crippen LogP contribution is 2.39. The zero-order valence-corrected chi connectivity index (χ0v) is 14.6. The van der Waals surface area contributed by atoms with Crippen molar-refractivity contribution in [2.24, 2.45) is 11.7 Å². The normalized spacial score (nSPS) is 16.2. The van der Waals surface area contributed by atoms with Gasteiger partial charge in [-0.1, -0.05) is 13.0 Å². The lowest BCUT2D eigenvalue weighted by Gasteiger charge is -2.18. The summed E-state index contributed by atoms with van der Waals surface area (Å²) in [6.45, 7) is 1.89. The third-order valence-corrected chi connectivity index (χ3v) is 5.35. The van der Waals surface area contributed by atoms with Crippen molar-refractivity contribution in [3.05, 3.63) is 46.1 Å². The summed E-state index contributed by atoms with van der Waals surface area (Å²) in [6, 6.07) is 5.56. The molecule has 1 heterocycles. The Morgan fingerprint density at radius 3 is 2.96 bits per heavy atom. The molecule has 7 heteroatoms. The van der Waals surface area contributed by atoms with E-state index >= 15 is 0 Å². The van der Waals surface area contributed by atoms with Gasteiger partial charge in [0.15, 0.2) is 6.61 Å². The Morgan fingerprint density at radius 2 is 2.24 bits per heavy atom. The average molecular weight is 362 g/mol. The summed E-state index contributed by atoms with van der Waals surface area (Å²) in [5.74, 6) is -0.572. The maximum Gasteiger partial charge on any atom is 0.262 e. The predicted octanol–water partition coefficient (Wildman–Crippen LogP) is 3.13. The molecular weight excluding hydrogens is 343 g/mol. The zero-order chi connectivity index (χ0) is 18.0. The first-order chi connectivity index (χ1) is 11.9. The van der Waals surface area contributed by atoms with E-state index in [4.69, 9.17) is 10.5 Å². The average Bonchev–Trinajstić information content (AvgIpc) is 2.90. The van der Waals surface area contributed by atoms with Crippen LogP contribution in [0.3, 0.4) is 0 Å². The lowest BCUT2D eigenvalue weighted by molar-refractivity contribution is -0.118. The van der Waals surface area contributed by atoms with Gasteiger partial charge >= 0.3 is 0 Å². The standard InChI is InChI=1S/C18H19FN2O3S/c1-10-5-6-13-14(7-10)25-18(16(13)17(20)23)21-15(22)9-24-12-4-2-3-11(19)8-12/h2-4,8,10H,5-7,9H2,1H3,(H2,20,23)(H,21,22)/t10-/m0/s1. The van der Waals surface area contributed by atoms with Crippen LogP contribution in [0, 0.1) is 11.7 Å². The first-order valence-electron chi connectivity index (χ1n) is 8.06. The van der Waals surface area contributed by atoms with Crippen LogP contribution >= 0.6 is 11.3 Å². The van der Waals surface area contributed by atoms with Crippen molar-refractivity contribution in [3.8, 4) is 5.75 Å². The van der Waals surface area contributed by atoms with E-state index in [0.29, 0.717) is 16.5 Å². The Morgan fingerprint density at radius 1 is 1.44 bits per heavy atom. The molecule has 0 unspecified atom stereocenters. The number of hydrogen-bond acceptors (Lipinski definition) is 4. The summed E-state index contributed by atoms with van der Waals surface area (Å²) in [6.07, 6.45) is 2.68. The molecule has 1 atom stereocenters. The van der Waals surface area contributed by atoms with Gasteiger partial charge in [-0.05, 0) is 42.9 Å². The Kier molecular flexibility index (Phi) is 5.03. The van der Waals surface area contributed by atoms with Crippen molar-refractivity contribution in [1.29, 1.82) is 0 Å². The molecule has 0 bridgehead atoms. The van der Waals surface area contributed by atoms with E-state index in [1.807, 2.05) is 0 Å². The first-order valence-corrected chi connectivity index (χ1v) is 8.88. The maximum absolute atomic E-state index is 13.1. The molecule has 1 aliphatic rings. The second kappa shape index (κ2) is 7.23. The topological polar surface area (TPSA) is 81.4 Å². The smallest absolute Gasteiger partial charge is 0.262 e. The van der Waals surface area contributed by atoms with Gasteiger partial charge in [-0.3, -0.25) is 9.59 Å². The van der Waals surface area contributed by atoms with Gasteiger partial charge in [-0.25, -0.2) is 4.39 Å². The Bertz CT molecular complexity index is 819. The summed E-state index contributed by atoms with van der Waals surface area (Å²) in [7, 11) is 0. The number of amides is 2. The van der Waals surface area contributed by atoms with Crippen LogP contribution in [0.5, 0.6) is 5.75 Å². The summed E-state index contributed by atoms with van der Waals surface area (Å²) in [5.41, 5.74) is 6.88. The fourth-order valence-corrected chi connectivity index (χ4v) is 4.40. The monoisotopic (exact) mass is 362 g/mol. The van der Waals surface area contributed by atoms with Crippen LogP contribution in [-0.2, 0) is 17.6 Å². The predicted molar refractivity (Wildman–Crippen MR) is 94.6 cm³/mol. The van der Waals surface area contributed by atoms with Crippen molar-refractivity contribution < 1.29 is 18.7 Å². The number of ether oxygens (including phenoxy) is 1. The molecule has 2 amide bonds. The van der Waals surface area contributed by atoms with Crippen LogP contribution in [0.25, 0.3) is 0 Å². The van der Waals surface area contributed by atoms with Gasteiger partial charge in [-0.2, -0.15) is 0 Å². The molecular formula is C18H19FN2O3S. The molecule has 1 aliphatic carbocycles. The quantitative estimate of drug-likeness (QED) is 0.857. The number of fused-ring (bicyclic) bond motifs is 1. The summed E-state index contributed by atoms with van der Waals surface area (Å²) in [4.78, 5) is 25.1. The molecule has 3 N–H and O–H groups in total. The van der Waals surface area contributed by atoms with Gasteiger partial charge in [0.1, 0.15) is 16.6 Å². The molecule has 5 nitrogen and oxygen atoms in total. The third kappa shape index (κ3) is 3.99. The van der Waals surface area contributed by atoms with Crippen LogP contribution < -0.4 is 15.8 Å². The number of anilines is 1. The van der Waals surface area contributed by atoms with E-state index in [1.54, 1.807) is 6.07 Å². The van der Waals surface area contributed by atoms with Crippen LogP contribution in [0.1, 0.15) is 34.1 Å². The van der Waals surface area contributed by atoms with Crippen LogP contribution in [0.15, 0.2) is 24.3 Å². The minimum Gasteiger partial charge on any atom is -0.484 e. The lowest BCUT2D eigenvalue weighted by atomic mass is 9.88. The van der Waals surface area contributed by atoms with Gasteiger partial charge in [0.25, 0.3) is 11.8 Å². The third-order valence-electron chi connectivity index (χ3n) is 4.18. The number of nitrogens with one attached hydrogen (secondary N) is 1.